The molecule has 2 heterocycles. The van der Waals surface area contributed by atoms with Gasteiger partial charge in [-0.2, -0.15) is 13.8 Å². The standard InChI is InChI=1S/C17H20F2N4O3/c1-11(24)20-12-5-4-8-23(9-12)10-15-21-16(22-26-15)13-6-2-3-7-14(13)25-17(18)19/h2-3,6-7,12,17H,4-5,8-10H2,1H3,(H,20,24). The van der Waals surface area contributed by atoms with Gasteiger partial charge in [-0.3, -0.25) is 9.69 Å². The second-order valence-corrected chi connectivity index (χ2v) is 6.16. The Labute approximate surface area is 149 Å². The van der Waals surface area contributed by atoms with Crippen LogP contribution in [-0.2, 0) is 11.3 Å². The molecule has 0 spiro atoms. The Balaban J connectivity index is 1.68. The van der Waals surface area contributed by atoms with Crippen molar-refractivity contribution in [3.05, 3.63) is 30.2 Å². The van der Waals surface area contributed by atoms with Crippen LogP contribution >= 0.6 is 0 Å². The van der Waals surface area contributed by atoms with Crippen molar-refractivity contribution in [3.63, 3.8) is 0 Å². The second-order valence-electron chi connectivity index (χ2n) is 6.16. The molecule has 7 nitrogen and oxygen atoms in total. The van der Waals surface area contributed by atoms with E-state index in [-0.39, 0.29) is 23.5 Å². The second kappa shape index (κ2) is 8.22. The van der Waals surface area contributed by atoms with Gasteiger partial charge in [-0.15, -0.1) is 0 Å². The van der Waals surface area contributed by atoms with Crippen molar-refractivity contribution in [1.29, 1.82) is 0 Å². The predicted octanol–water partition coefficient (Wildman–Crippen LogP) is 2.44. The number of benzene rings is 1. The van der Waals surface area contributed by atoms with Crippen LogP contribution < -0.4 is 10.1 Å². The number of piperidine rings is 1. The zero-order valence-corrected chi connectivity index (χ0v) is 14.3. The van der Waals surface area contributed by atoms with Crippen molar-refractivity contribution in [2.45, 2.75) is 39.0 Å². The van der Waals surface area contributed by atoms with Gasteiger partial charge in [0.05, 0.1) is 12.1 Å². The number of ether oxygens (including phenoxy) is 1. The fourth-order valence-corrected chi connectivity index (χ4v) is 3.07. The summed E-state index contributed by atoms with van der Waals surface area (Å²) in [7, 11) is 0. The summed E-state index contributed by atoms with van der Waals surface area (Å²) in [5.74, 6) is 0.535. The first-order valence-corrected chi connectivity index (χ1v) is 8.37. The molecule has 140 valence electrons. The number of carbonyl (C=O) groups excluding carboxylic acids is 1. The van der Waals surface area contributed by atoms with E-state index < -0.39 is 6.61 Å². The molecule has 1 N–H and O–H groups in total. The monoisotopic (exact) mass is 366 g/mol. The van der Waals surface area contributed by atoms with Crippen LogP contribution in [0.2, 0.25) is 0 Å². The first-order chi connectivity index (χ1) is 12.5. The smallest absolute Gasteiger partial charge is 0.387 e. The van der Waals surface area contributed by atoms with E-state index in [1.165, 1.54) is 13.0 Å². The molecule has 0 bridgehead atoms. The van der Waals surface area contributed by atoms with Crippen LogP contribution in [0.3, 0.4) is 0 Å². The number of nitrogens with one attached hydrogen (secondary N) is 1. The van der Waals surface area contributed by atoms with Gasteiger partial charge in [-0.25, -0.2) is 0 Å². The first-order valence-electron chi connectivity index (χ1n) is 8.37. The average Bonchev–Trinajstić information content (AvgIpc) is 3.03. The van der Waals surface area contributed by atoms with Crippen molar-refractivity contribution < 1.29 is 22.8 Å². The maximum absolute atomic E-state index is 12.5. The maximum atomic E-state index is 12.5. The molecule has 0 aliphatic carbocycles. The quantitative estimate of drug-likeness (QED) is 0.846. The highest BCUT2D eigenvalue weighted by Gasteiger charge is 2.23. The summed E-state index contributed by atoms with van der Waals surface area (Å²) in [5.41, 5.74) is 0.345. The molecule has 1 aliphatic heterocycles. The molecule has 26 heavy (non-hydrogen) atoms. The van der Waals surface area contributed by atoms with E-state index in [9.17, 15) is 13.6 Å². The summed E-state index contributed by atoms with van der Waals surface area (Å²) < 4.78 is 34.8. The van der Waals surface area contributed by atoms with E-state index >= 15 is 0 Å². The lowest BCUT2D eigenvalue weighted by Crippen LogP contribution is -2.46. The Morgan fingerprint density at radius 3 is 3.04 bits per heavy atom. The Bertz CT molecular complexity index is 753. The lowest BCUT2D eigenvalue weighted by molar-refractivity contribution is -0.120. The summed E-state index contributed by atoms with van der Waals surface area (Å²) in [6.45, 7) is 0.561. The van der Waals surface area contributed by atoms with Crippen LogP contribution in [-0.4, -0.2) is 46.7 Å². The van der Waals surface area contributed by atoms with Crippen molar-refractivity contribution in [2.24, 2.45) is 0 Å². The van der Waals surface area contributed by atoms with Crippen LogP contribution in [0.5, 0.6) is 5.75 Å². The number of carbonyl (C=O) groups is 1. The molecule has 3 rings (SSSR count). The van der Waals surface area contributed by atoms with E-state index in [1.54, 1.807) is 18.2 Å². The van der Waals surface area contributed by atoms with Crippen molar-refractivity contribution in [2.75, 3.05) is 13.1 Å². The van der Waals surface area contributed by atoms with Gasteiger partial charge in [-0.05, 0) is 31.5 Å². The third-order valence-electron chi connectivity index (χ3n) is 4.08. The van der Waals surface area contributed by atoms with Gasteiger partial charge in [0, 0.05) is 19.5 Å². The molecule has 2 aromatic rings. The molecule has 1 unspecified atom stereocenters. The summed E-state index contributed by atoms with van der Waals surface area (Å²) in [4.78, 5) is 17.6. The van der Waals surface area contributed by atoms with Gasteiger partial charge in [0.1, 0.15) is 5.75 Å². The van der Waals surface area contributed by atoms with Crippen molar-refractivity contribution >= 4 is 5.91 Å². The van der Waals surface area contributed by atoms with Gasteiger partial charge in [0.15, 0.2) is 0 Å². The van der Waals surface area contributed by atoms with E-state index in [0.29, 0.717) is 24.5 Å². The van der Waals surface area contributed by atoms with Gasteiger partial charge in [-0.1, -0.05) is 17.3 Å². The Morgan fingerprint density at radius 1 is 1.46 bits per heavy atom. The van der Waals surface area contributed by atoms with E-state index in [2.05, 4.69) is 25.1 Å². The number of alkyl halides is 2. The fraction of sp³-hybridized carbons (Fsp3) is 0.471. The highest BCUT2D eigenvalue weighted by molar-refractivity contribution is 5.73. The minimum Gasteiger partial charge on any atom is -0.434 e. The van der Waals surface area contributed by atoms with Crippen LogP contribution in [0.25, 0.3) is 11.4 Å². The number of halogens is 2. The zero-order chi connectivity index (χ0) is 18.5. The highest BCUT2D eigenvalue weighted by Crippen LogP contribution is 2.29. The Hall–Kier alpha value is -2.55. The highest BCUT2D eigenvalue weighted by atomic mass is 19.3. The molecule has 1 aromatic heterocycles. The molecule has 1 atom stereocenters. The summed E-state index contributed by atoms with van der Waals surface area (Å²) in [6, 6.07) is 6.41. The molecular formula is C17H20F2N4O3. The molecule has 1 amide bonds. The molecule has 9 heteroatoms. The van der Waals surface area contributed by atoms with Gasteiger partial charge >= 0.3 is 6.61 Å². The van der Waals surface area contributed by atoms with E-state index in [4.69, 9.17) is 4.52 Å². The number of hydrogen-bond acceptors (Lipinski definition) is 6. The van der Waals surface area contributed by atoms with Gasteiger partial charge < -0.3 is 14.6 Å². The van der Waals surface area contributed by atoms with Gasteiger partial charge in [0.2, 0.25) is 17.6 Å². The van der Waals surface area contributed by atoms with Crippen LogP contribution in [0.1, 0.15) is 25.7 Å². The predicted molar refractivity (Wildman–Crippen MR) is 88.5 cm³/mol. The minimum absolute atomic E-state index is 0.00135. The lowest BCUT2D eigenvalue weighted by Gasteiger charge is -2.31. The lowest BCUT2D eigenvalue weighted by atomic mass is 10.1. The van der Waals surface area contributed by atoms with Crippen molar-refractivity contribution in [1.82, 2.24) is 20.4 Å². The number of nitrogens with zero attached hydrogens (tertiary/aromatic N) is 3. The van der Waals surface area contributed by atoms with Crippen molar-refractivity contribution in [3.8, 4) is 17.1 Å². The maximum Gasteiger partial charge on any atom is 0.387 e. The SMILES string of the molecule is CC(=O)NC1CCCN(Cc2nc(-c3ccccc3OC(F)F)no2)C1. The number of hydrogen-bond donors (Lipinski definition) is 1. The largest absolute Gasteiger partial charge is 0.434 e. The summed E-state index contributed by atoms with van der Waals surface area (Å²) in [6.07, 6.45) is 1.89. The van der Waals surface area contributed by atoms with Crippen LogP contribution in [0.4, 0.5) is 8.78 Å². The summed E-state index contributed by atoms with van der Waals surface area (Å²) >= 11 is 0. The molecule has 1 saturated heterocycles. The number of para-hydroxylation sites is 1. The third kappa shape index (κ3) is 4.75. The van der Waals surface area contributed by atoms with Crippen LogP contribution in [0.15, 0.2) is 28.8 Å². The molecule has 1 aliphatic rings. The number of likely N-dealkylation sites (tertiary alicyclic amines) is 1. The normalized spacial score (nSPS) is 18.1. The minimum atomic E-state index is -2.93. The van der Waals surface area contributed by atoms with Crippen LogP contribution in [0, 0.1) is 0 Å². The topological polar surface area (TPSA) is 80.5 Å². The van der Waals surface area contributed by atoms with Gasteiger partial charge in [0.25, 0.3) is 0 Å². The Kier molecular flexibility index (Phi) is 5.77. The fourth-order valence-electron chi connectivity index (χ4n) is 3.07. The summed E-state index contributed by atoms with van der Waals surface area (Å²) in [5, 5.41) is 6.80. The number of aromatic nitrogens is 2. The average molecular weight is 366 g/mol. The first kappa shape index (κ1) is 18.2. The number of amides is 1. The van der Waals surface area contributed by atoms with E-state index in [0.717, 1.165) is 19.4 Å². The zero-order valence-electron chi connectivity index (χ0n) is 14.3. The molecule has 1 fully saturated rings. The third-order valence-corrected chi connectivity index (χ3v) is 4.08. The van der Waals surface area contributed by atoms with E-state index in [1.807, 2.05) is 0 Å². The Morgan fingerprint density at radius 2 is 2.27 bits per heavy atom. The molecule has 0 saturated carbocycles. The molecule has 1 aromatic carbocycles. The number of rotatable bonds is 6. The molecule has 0 radical (unpaired) electrons. The molecular weight excluding hydrogens is 346 g/mol.